The summed E-state index contributed by atoms with van der Waals surface area (Å²) in [7, 11) is 0. The number of rotatable bonds is 5. The van der Waals surface area contributed by atoms with Gasteiger partial charge in [0.1, 0.15) is 0 Å². The molecule has 1 aromatic rings. The smallest absolute Gasteiger partial charge is 0.0818 e. The number of aliphatic hydroxyl groups is 1. The molecule has 0 radical (unpaired) electrons. The Balaban J connectivity index is 1.56. The molecule has 0 amide bonds. The van der Waals surface area contributed by atoms with E-state index >= 15 is 0 Å². The summed E-state index contributed by atoms with van der Waals surface area (Å²) in [6, 6.07) is 0.336. The minimum absolute atomic E-state index is 0.336. The molecule has 22 heavy (non-hydrogen) atoms. The van der Waals surface area contributed by atoms with E-state index in [9.17, 15) is 5.11 Å². The molecule has 3 rings (SSSR count). The second-order valence-electron chi connectivity index (χ2n) is 6.27. The van der Waals surface area contributed by atoms with Gasteiger partial charge in [0.15, 0.2) is 0 Å². The van der Waals surface area contributed by atoms with Gasteiger partial charge in [-0.25, -0.2) is 0 Å². The van der Waals surface area contributed by atoms with E-state index in [4.69, 9.17) is 9.47 Å². The Hall–Kier alpha value is -1.08. The Morgan fingerprint density at radius 2 is 2.09 bits per heavy atom. The lowest BCUT2D eigenvalue weighted by Gasteiger charge is -2.42. The lowest BCUT2D eigenvalue weighted by molar-refractivity contribution is -0.104. The number of aryl methyl sites for hydroxylation is 1. The van der Waals surface area contributed by atoms with Gasteiger partial charge in [0.2, 0.25) is 0 Å². The van der Waals surface area contributed by atoms with Gasteiger partial charge in [-0.15, -0.1) is 0 Å². The van der Waals surface area contributed by atoms with Crippen LogP contribution in [-0.2, 0) is 15.9 Å². The lowest BCUT2D eigenvalue weighted by atomic mass is 9.92. The third kappa shape index (κ3) is 4.23. The average Bonchev–Trinajstić information content (AvgIpc) is 2.55. The first-order valence-electron chi connectivity index (χ1n) is 8.12. The number of nitrogens with zero attached hydrogens (tertiary/aromatic N) is 3. The minimum atomic E-state index is -0.611. The highest BCUT2D eigenvalue weighted by Gasteiger charge is 2.35. The van der Waals surface area contributed by atoms with Gasteiger partial charge in [0.25, 0.3) is 0 Å². The zero-order valence-corrected chi connectivity index (χ0v) is 13.0. The van der Waals surface area contributed by atoms with Gasteiger partial charge in [-0.1, -0.05) is 0 Å². The Labute approximate surface area is 131 Å². The second kappa shape index (κ2) is 7.46. The first kappa shape index (κ1) is 15.8. The summed E-state index contributed by atoms with van der Waals surface area (Å²) in [6.45, 7) is 4.39. The largest absolute Gasteiger partial charge is 0.388 e. The van der Waals surface area contributed by atoms with E-state index in [2.05, 4.69) is 14.9 Å². The molecule has 2 fully saturated rings. The van der Waals surface area contributed by atoms with Crippen LogP contribution < -0.4 is 0 Å². The zero-order chi connectivity index (χ0) is 15.3. The molecule has 6 nitrogen and oxygen atoms in total. The molecule has 0 bridgehead atoms. The standard InChI is InChI=1S/C16H25N3O3/c20-16(3-8-21-9-4-16)13-19-7-10-22-12-15(19)2-1-14-11-17-5-6-18-14/h5-6,11,15,20H,1-4,7-10,12-13H2/t15-/m0/s1. The zero-order valence-electron chi connectivity index (χ0n) is 13.0. The van der Waals surface area contributed by atoms with Gasteiger partial charge in [-0.05, 0) is 12.8 Å². The summed E-state index contributed by atoms with van der Waals surface area (Å²) in [5.74, 6) is 0. The number of morpholine rings is 1. The molecule has 0 spiro atoms. The van der Waals surface area contributed by atoms with Crippen molar-refractivity contribution in [2.24, 2.45) is 0 Å². The quantitative estimate of drug-likeness (QED) is 0.861. The fourth-order valence-electron chi connectivity index (χ4n) is 3.22. The molecule has 3 heterocycles. The molecule has 1 atom stereocenters. The Kier molecular flexibility index (Phi) is 5.36. The van der Waals surface area contributed by atoms with Crippen molar-refractivity contribution in [1.29, 1.82) is 0 Å². The van der Waals surface area contributed by atoms with Crippen LogP contribution in [0, 0.1) is 0 Å². The van der Waals surface area contributed by atoms with Crippen molar-refractivity contribution in [3.63, 3.8) is 0 Å². The number of β-amino-alcohol motifs (C(OH)–C–C–N with tert-alkyl or cyclic N) is 1. The number of aromatic nitrogens is 2. The van der Waals surface area contributed by atoms with E-state index < -0.39 is 5.60 Å². The van der Waals surface area contributed by atoms with Crippen LogP contribution in [0.4, 0.5) is 0 Å². The Morgan fingerprint density at radius 3 is 2.86 bits per heavy atom. The van der Waals surface area contributed by atoms with Gasteiger partial charge in [0, 0.05) is 63.8 Å². The van der Waals surface area contributed by atoms with Gasteiger partial charge >= 0.3 is 0 Å². The first-order chi connectivity index (χ1) is 10.8. The number of hydrogen-bond donors (Lipinski definition) is 1. The van der Waals surface area contributed by atoms with E-state index in [-0.39, 0.29) is 0 Å². The average molecular weight is 307 g/mol. The normalized spacial score (nSPS) is 26.0. The second-order valence-corrected chi connectivity index (χ2v) is 6.27. The third-order valence-electron chi connectivity index (χ3n) is 4.62. The molecule has 0 aromatic carbocycles. The van der Waals surface area contributed by atoms with E-state index in [1.165, 1.54) is 0 Å². The van der Waals surface area contributed by atoms with Gasteiger partial charge in [0.05, 0.1) is 24.5 Å². The monoisotopic (exact) mass is 307 g/mol. The summed E-state index contributed by atoms with van der Waals surface area (Å²) in [4.78, 5) is 10.8. The lowest BCUT2D eigenvalue weighted by Crippen LogP contribution is -2.54. The van der Waals surface area contributed by atoms with Crippen molar-refractivity contribution in [2.75, 3.05) is 39.5 Å². The van der Waals surface area contributed by atoms with E-state index in [0.29, 0.717) is 25.8 Å². The Morgan fingerprint density at radius 1 is 1.23 bits per heavy atom. The summed E-state index contributed by atoms with van der Waals surface area (Å²) < 4.78 is 11.0. The highest BCUT2D eigenvalue weighted by Crippen LogP contribution is 2.24. The van der Waals surface area contributed by atoms with Crippen molar-refractivity contribution in [2.45, 2.75) is 37.3 Å². The highest BCUT2D eigenvalue weighted by atomic mass is 16.5. The van der Waals surface area contributed by atoms with Crippen LogP contribution in [0.3, 0.4) is 0 Å². The molecule has 0 saturated carbocycles. The highest BCUT2D eigenvalue weighted by molar-refractivity contribution is 4.96. The van der Waals surface area contributed by atoms with E-state index in [1.807, 2.05) is 6.20 Å². The molecule has 2 saturated heterocycles. The predicted octanol–water partition coefficient (Wildman–Crippen LogP) is 0.651. The van der Waals surface area contributed by atoms with Crippen LogP contribution >= 0.6 is 0 Å². The van der Waals surface area contributed by atoms with Crippen LogP contribution in [0.15, 0.2) is 18.6 Å². The molecule has 122 valence electrons. The number of hydrogen-bond acceptors (Lipinski definition) is 6. The fourth-order valence-corrected chi connectivity index (χ4v) is 3.22. The van der Waals surface area contributed by atoms with Gasteiger partial charge < -0.3 is 14.6 Å². The molecule has 1 aromatic heterocycles. The molecule has 2 aliphatic heterocycles. The Bertz CT molecular complexity index is 451. The molecule has 6 heteroatoms. The van der Waals surface area contributed by atoms with Crippen LogP contribution in [0.5, 0.6) is 0 Å². The first-order valence-corrected chi connectivity index (χ1v) is 8.12. The van der Waals surface area contributed by atoms with Gasteiger partial charge in [-0.2, -0.15) is 0 Å². The number of ether oxygens (including phenoxy) is 2. The van der Waals surface area contributed by atoms with Crippen molar-refractivity contribution >= 4 is 0 Å². The van der Waals surface area contributed by atoms with Crippen LogP contribution in [0.1, 0.15) is 25.0 Å². The molecule has 0 aliphatic carbocycles. The maximum Gasteiger partial charge on any atom is 0.0818 e. The van der Waals surface area contributed by atoms with E-state index in [1.54, 1.807) is 12.4 Å². The van der Waals surface area contributed by atoms with E-state index in [0.717, 1.165) is 51.1 Å². The molecule has 1 N–H and O–H groups in total. The van der Waals surface area contributed by atoms with Crippen molar-refractivity contribution in [1.82, 2.24) is 14.9 Å². The third-order valence-corrected chi connectivity index (χ3v) is 4.62. The summed E-state index contributed by atoms with van der Waals surface area (Å²) >= 11 is 0. The maximum atomic E-state index is 10.7. The van der Waals surface area contributed by atoms with Crippen molar-refractivity contribution in [3.8, 4) is 0 Å². The predicted molar refractivity (Wildman–Crippen MR) is 81.5 cm³/mol. The molecular weight excluding hydrogens is 282 g/mol. The van der Waals surface area contributed by atoms with Gasteiger partial charge in [-0.3, -0.25) is 14.9 Å². The summed E-state index contributed by atoms with van der Waals surface area (Å²) in [5.41, 5.74) is 0.401. The molecular formula is C16H25N3O3. The maximum absolute atomic E-state index is 10.7. The van der Waals surface area contributed by atoms with Crippen molar-refractivity contribution in [3.05, 3.63) is 24.3 Å². The topological polar surface area (TPSA) is 67.7 Å². The van der Waals surface area contributed by atoms with Crippen LogP contribution in [-0.4, -0.2) is 71.1 Å². The summed E-state index contributed by atoms with van der Waals surface area (Å²) in [6.07, 6.45) is 8.56. The SMILES string of the molecule is OC1(CN2CCOC[C@@H]2CCc2cnccn2)CCOCC1. The summed E-state index contributed by atoms with van der Waals surface area (Å²) in [5, 5.41) is 10.7. The minimum Gasteiger partial charge on any atom is -0.388 e. The van der Waals surface area contributed by atoms with Crippen molar-refractivity contribution < 1.29 is 14.6 Å². The molecule has 0 unspecified atom stereocenters. The van der Waals surface area contributed by atoms with Crippen LogP contribution in [0.2, 0.25) is 0 Å². The van der Waals surface area contributed by atoms with Crippen LogP contribution in [0.25, 0.3) is 0 Å². The molecule has 2 aliphatic rings. The fraction of sp³-hybridized carbons (Fsp3) is 0.750.